The fourth-order valence-corrected chi connectivity index (χ4v) is 5.52. The molecule has 1 N–H and O–H groups in total. The van der Waals surface area contributed by atoms with Crippen LogP contribution in [-0.4, -0.2) is 21.0 Å². The van der Waals surface area contributed by atoms with Gasteiger partial charge in [-0.25, -0.2) is 4.98 Å². The number of rotatable bonds is 3. The Bertz CT molecular complexity index is 962. The Labute approximate surface area is 155 Å². The SMILES string of the molecule is CC1CCc2c(sc3ncn(CC(=O)NC4(C#N)CCCC4)c(=O)c23)C1. The Hall–Kier alpha value is -2.20. The smallest absolute Gasteiger partial charge is 0.262 e. The van der Waals surface area contributed by atoms with E-state index in [0.717, 1.165) is 42.5 Å². The summed E-state index contributed by atoms with van der Waals surface area (Å²) in [5.74, 6) is 0.339. The zero-order valence-corrected chi connectivity index (χ0v) is 15.7. The molecule has 1 amide bonds. The van der Waals surface area contributed by atoms with Crippen LogP contribution in [0.15, 0.2) is 11.1 Å². The second kappa shape index (κ2) is 6.51. The molecule has 4 rings (SSSR count). The number of thiophene rings is 1. The van der Waals surface area contributed by atoms with Gasteiger partial charge in [-0.1, -0.05) is 6.92 Å². The number of fused-ring (bicyclic) bond motifs is 3. The highest BCUT2D eigenvalue weighted by Gasteiger charge is 2.35. The third-order valence-electron chi connectivity index (χ3n) is 5.65. The van der Waals surface area contributed by atoms with Gasteiger partial charge in [0.05, 0.1) is 17.8 Å². The van der Waals surface area contributed by atoms with E-state index in [1.165, 1.54) is 15.8 Å². The predicted octanol–water partition coefficient (Wildman–Crippen LogP) is 2.54. The summed E-state index contributed by atoms with van der Waals surface area (Å²) < 4.78 is 1.38. The highest BCUT2D eigenvalue weighted by Crippen LogP contribution is 2.35. The van der Waals surface area contributed by atoms with Gasteiger partial charge in [-0.2, -0.15) is 5.26 Å². The molecule has 1 fully saturated rings. The van der Waals surface area contributed by atoms with Crippen LogP contribution in [0.25, 0.3) is 10.2 Å². The van der Waals surface area contributed by atoms with E-state index in [1.807, 2.05) is 0 Å². The zero-order chi connectivity index (χ0) is 18.3. The van der Waals surface area contributed by atoms with E-state index < -0.39 is 5.54 Å². The Kier molecular flexibility index (Phi) is 4.31. The molecule has 1 unspecified atom stereocenters. The van der Waals surface area contributed by atoms with Gasteiger partial charge in [-0.05, 0) is 56.4 Å². The minimum absolute atomic E-state index is 0.0910. The van der Waals surface area contributed by atoms with Crippen molar-refractivity contribution in [1.82, 2.24) is 14.9 Å². The van der Waals surface area contributed by atoms with E-state index in [2.05, 4.69) is 23.3 Å². The largest absolute Gasteiger partial charge is 0.336 e. The second-order valence-electron chi connectivity index (χ2n) is 7.66. The number of aromatic nitrogens is 2. The monoisotopic (exact) mass is 370 g/mol. The van der Waals surface area contributed by atoms with Gasteiger partial charge >= 0.3 is 0 Å². The standard InChI is InChI=1S/C19H22N4O2S/c1-12-4-5-13-14(8-12)26-17-16(13)18(25)23(11-21-17)9-15(24)22-19(10-20)6-2-3-7-19/h11-12H,2-9H2,1H3,(H,22,24). The van der Waals surface area contributed by atoms with Crippen LogP contribution in [0.3, 0.4) is 0 Å². The van der Waals surface area contributed by atoms with Crippen molar-refractivity contribution >= 4 is 27.5 Å². The van der Waals surface area contributed by atoms with Gasteiger partial charge in [0, 0.05) is 4.88 Å². The summed E-state index contributed by atoms with van der Waals surface area (Å²) in [6.45, 7) is 2.14. The molecular formula is C19H22N4O2S. The molecule has 2 aromatic heterocycles. The van der Waals surface area contributed by atoms with Crippen molar-refractivity contribution in [3.8, 4) is 6.07 Å². The molecular weight excluding hydrogens is 348 g/mol. The van der Waals surface area contributed by atoms with Crippen molar-refractivity contribution in [1.29, 1.82) is 5.26 Å². The molecule has 2 heterocycles. The quantitative estimate of drug-likeness (QED) is 0.899. The van der Waals surface area contributed by atoms with E-state index in [-0.39, 0.29) is 18.0 Å². The van der Waals surface area contributed by atoms with E-state index in [9.17, 15) is 14.9 Å². The maximum absolute atomic E-state index is 12.9. The van der Waals surface area contributed by atoms with E-state index in [0.29, 0.717) is 24.1 Å². The normalized spacial score (nSPS) is 21.3. The van der Waals surface area contributed by atoms with E-state index >= 15 is 0 Å². The molecule has 0 aromatic carbocycles. The van der Waals surface area contributed by atoms with Gasteiger partial charge in [-0.15, -0.1) is 11.3 Å². The van der Waals surface area contributed by atoms with Gasteiger partial charge in [-0.3, -0.25) is 14.2 Å². The van der Waals surface area contributed by atoms with Crippen molar-refractivity contribution in [3.05, 3.63) is 27.1 Å². The number of carbonyl (C=O) groups is 1. The summed E-state index contributed by atoms with van der Waals surface area (Å²) >= 11 is 1.61. The first-order valence-electron chi connectivity index (χ1n) is 9.23. The Morgan fingerprint density at radius 2 is 2.27 bits per heavy atom. The summed E-state index contributed by atoms with van der Waals surface area (Å²) in [6, 6.07) is 2.25. The Balaban J connectivity index is 1.61. The molecule has 2 aliphatic rings. The molecule has 1 atom stereocenters. The second-order valence-corrected chi connectivity index (χ2v) is 8.74. The fraction of sp³-hybridized carbons (Fsp3) is 0.579. The lowest BCUT2D eigenvalue weighted by Crippen LogP contribution is -2.47. The molecule has 0 spiro atoms. The third-order valence-corrected chi connectivity index (χ3v) is 6.81. The van der Waals surface area contributed by atoms with Crippen molar-refractivity contribution in [2.24, 2.45) is 5.92 Å². The molecule has 26 heavy (non-hydrogen) atoms. The highest BCUT2D eigenvalue weighted by atomic mass is 32.1. The molecule has 136 valence electrons. The van der Waals surface area contributed by atoms with E-state index in [4.69, 9.17) is 0 Å². The predicted molar refractivity (Wildman–Crippen MR) is 100 cm³/mol. The van der Waals surface area contributed by atoms with Crippen LogP contribution in [-0.2, 0) is 24.2 Å². The van der Waals surface area contributed by atoms with Gasteiger partial charge < -0.3 is 5.32 Å². The molecule has 0 saturated heterocycles. The molecule has 7 heteroatoms. The van der Waals surface area contributed by atoms with Crippen molar-refractivity contribution in [2.45, 2.75) is 64.0 Å². The number of aryl methyl sites for hydroxylation is 1. The Morgan fingerprint density at radius 1 is 1.50 bits per heavy atom. The van der Waals surface area contributed by atoms with Crippen LogP contribution < -0.4 is 10.9 Å². The van der Waals surface area contributed by atoms with Crippen LogP contribution in [0.2, 0.25) is 0 Å². The number of amides is 1. The van der Waals surface area contributed by atoms with Gasteiger partial charge in [0.2, 0.25) is 5.91 Å². The summed E-state index contributed by atoms with van der Waals surface area (Å²) in [5, 5.41) is 12.9. The topological polar surface area (TPSA) is 87.8 Å². The van der Waals surface area contributed by atoms with Crippen molar-refractivity contribution < 1.29 is 4.79 Å². The molecule has 2 aromatic rings. The van der Waals surface area contributed by atoms with Crippen LogP contribution in [0.5, 0.6) is 0 Å². The first-order chi connectivity index (χ1) is 12.5. The van der Waals surface area contributed by atoms with Crippen LogP contribution in [0, 0.1) is 17.2 Å². The zero-order valence-electron chi connectivity index (χ0n) is 14.9. The highest BCUT2D eigenvalue weighted by molar-refractivity contribution is 7.18. The summed E-state index contributed by atoms with van der Waals surface area (Å²) in [4.78, 5) is 31.9. The number of nitriles is 1. The molecule has 0 radical (unpaired) electrons. The number of nitrogens with one attached hydrogen (secondary N) is 1. The number of hydrogen-bond donors (Lipinski definition) is 1. The lowest BCUT2D eigenvalue weighted by molar-refractivity contribution is -0.123. The van der Waals surface area contributed by atoms with Crippen LogP contribution in [0.1, 0.15) is 49.5 Å². The molecule has 0 aliphatic heterocycles. The maximum Gasteiger partial charge on any atom is 0.262 e. The third kappa shape index (κ3) is 2.92. The van der Waals surface area contributed by atoms with Gasteiger partial charge in [0.25, 0.3) is 5.56 Å². The lowest BCUT2D eigenvalue weighted by Gasteiger charge is -2.22. The average molecular weight is 370 g/mol. The first kappa shape index (κ1) is 17.2. The average Bonchev–Trinajstić information content (AvgIpc) is 3.22. The first-order valence-corrected chi connectivity index (χ1v) is 10.0. The minimum atomic E-state index is -0.768. The summed E-state index contributed by atoms with van der Waals surface area (Å²) in [5.41, 5.74) is 0.213. The molecule has 0 bridgehead atoms. The summed E-state index contributed by atoms with van der Waals surface area (Å²) in [7, 11) is 0. The number of carbonyl (C=O) groups excluding carboxylic acids is 1. The maximum atomic E-state index is 12.9. The minimum Gasteiger partial charge on any atom is -0.336 e. The van der Waals surface area contributed by atoms with Gasteiger partial charge in [0.15, 0.2) is 0 Å². The Morgan fingerprint density at radius 3 is 3.00 bits per heavy atom. The molecule has 6 nitrogen and oxygen atoms in total. The fourth-order valence-electron chi connectivity index (χ4n) is 4.18. The van der Waals surface area contributed by atoms with Crippen molar-refractivity contribution in [3.63, 3.8) is 0 Å². The van der Waals surface area contributed by atoms with Gasteiger partial charge in [0.1, 0.15) is 16.9 Å². The number of nitrogens with zero attached hydrogens (tertiary/aromatic N) is 3. The van der Waals surface area contributed by atoms with Crippen LogP contribution >= 0.6 is 11.3 Å². The summed E-state index contributed by atoms with van der Waals surface area (Å²) in [6.07, 6.45) is 7.70. The lowest BCUT2D eigenvalue weighted by atomic mass is 9.89. The molecule has 2 aliphatic carbocycles. The van der Waals surface area contributed by atoms with E-state index in [1.54, 1.807) is 11.3 Å². The van der Waals surface area contributed by atoms with Crippen LogP contribution in [0.4, 0.5) is 0 Å². The number of hydrogen-bond acceptors (Lipinski definition) is 5. The molecule has 1 saturated carbocycles. The van der Waals surface area contributed by atoms with Crippen molar-refractivity contribution in [2.75, 3.05) is 0 Å².